The highest BCUT2D eigenvalue weighted by molar-refractivity contribution is 5.35. The molecule has 1 unspecified atom stereocenters. The van der Waals surface area contributed by atoms with Gasteiger partial charge in [0.25, 0.3) is 0 Å². The first kappa shape index (κ1) is 20.3. The summed E-state index contributed by atoms with van der Waals surface area (Å²) >= 11 is 0. The summed E-state index contributed by atoms with van der Waals surface area (Å²) in [6.07, 6.45) is -9.70. The molecule has 0 aliphatic heterocycles. The lowest BCUT2D eigenvalue weighted by atomic mass is 9.97. The van der Waals surface area contributed by atoms with Gasteiger partial charge in [-0.15, -0.1) is 0 Å². The standard InChI is InChI=1S/C19H19F6N/c1-12(14-7-5-4-6-8-14)26(3)13(2)15-9-16(18(20,21)22)11-17(10-15)19(23,24)25/h4-13H,1-3H3/t12-,13?/m1/s1. The molecule has 2 atom stereocenters. The van der Waals surface area contributed by atoms with E-state index in [9.17, 15) is 26.3 Å². The zero-order valence-corrected chi connectivity index (χ0v) is 14.5. The molecule has 0 aliphatic rings. The van der Waals surface area contributed by atoms with Gasteiger partial charge in [-0.3, -0.25) is 4.90 Å². The van der Waals surface area contributed by atoms with Crippen LogP contribution >= 0.6 is 0 Å². The quantitative estimate of drug-likeness (QED) is 0.553. The van der Waals surface area contributed by atoms with Crippen LogP contribution in [-0.4, -0.2) is 11.9 Å². The third-order valence-corrected chi connectivity index (χ3v) is 4.60. The molecule has 0 saturated carbocycles. The number of hydrogen-bond acceptors (Lipinski definition) is 1. The first-order chi connectivity index (χ1) is 11.9. The fourth-order valence-corrected chi connectivity index (χ4v) is 2.76. The van der Waals surface area contributed by atoms with Crippen molar-refractivity contribution in [3.05, 3.63) is 70.8 Å². The number of halogens is 6. The lowest BCUT2D eigenvalue weighted by Gasteiger charge is -2.32. The predicted octanol–water partition coefficient (Wildman–Crippen LogP) is 6.48. The molecule has 0 heterocycles. The van der Waals surface area contributed by atoms with Crippen molar-refractivity contribution in [3.8, 4) is 0 Å². The van der Waals surface area contributed by atoms with Gasteiger partial charge in [0.2, 0.25) is 0 Å². The van der Waals surface area contributed by atoms with Crippen LogP contribution in [0.5, 0.6) is 0 Å². The molecule has 26 heavy (non-hydrogen) atoms. The normalized spacial score (nSPS) is 15.2. The van der Waals surface area contributed by atoms with Crippen molar-refractivity contribution in [2.45, 2.75) is 38.3 Å². The van der Waals surface area contributed by atoms with Crippen molar-refractivity contribution in [1.29, 1.82) is 0 Å². The van der Waals surface area contributed by atoms with E-state index in [-0.39, 0.29) is 17.7 Å². The fourth-order valence-electron chi connectivity index (χ4n) is 2.76. The Morgan fingerprint density at radius 3 is 1.54 bits per heavy atom. The summed E-state index contributed by atoms with van der Waals surface area (Å²) in [5.74, 6) is 0. The van der Waals surface area contributed by atoms with Crippen LogP contribution in [0.25, 0.3) is 0 Å². The average molecular weight is 375 g/mol. The summed E-state index contributed by atoms with van der Waals surface area (Å²) in [7, 11) is 1.68. The van der Waals surface area contributed by atoms with Crippen molar-refractivity contribution < 1.29 is 26.3 Å². The zero-order chi connectivity index (χ0) is 19.7. The van der Waals surface area contributed by atoms with Crippen LogP contribution in [0.1, 0.15) is 48.2 Å². The van der Waals surface area contributed by atoms with E-state index in [0.717, 1.165) is 17.7 Å². The smallest absolute Gasteiger partial charge is 0.293 e. The summed E-state index contributed by atoms with van der Waals surface area (Å²) < 4.78 is 78.3. The van der Waals surface area contributed by atoms with Crippen molar-refractivity contribution in [2.75, 3.05) is 7.05 Å². The molecule has 0 amide bonds. The van der Waals surface area contributed by atoms with Crippen molar-refractivity contribution in [1.82, 2.24) is 4.90 Å². The zero-order valence-electron chi connectivity index (χ0n) is 14.5. The van der Waals surface area contributed by atoms with Gasteiger partial charge in [-0.25, -0.2) is 0 Å². The van der Waals surface area contributed by atoms with E-state index in [4.69, 9.17) is 0 Å². The fraction of sp³-hybridized carbons (Fsp3) is 0.368. The minimum atomic E-state index is -4.85. The molecule has 2 aromatic rings. The van der Waals surface area contributed by atoms with Crippen LogP contribution in [0.3, 0.4) is 0 Å². The Bertz CT molecular complexity index is 704. The van der Waals surface area contributed by atoms with Crippen LogP contribution in [-0.2, 0) is 12.4 Å². The summed E-state index contributed by atoms with van der Waals surface area (Å²) in [5.41, 5.74) is -1.70. The minimum Gasteiger partial charge on any atom is -0.293 e. The molecule has 0 spiro atoms. The van der Waals surface area contributed by atoms with Crippen LogP contribution in [0, 0.1) is 0 Å². The van der Waals surface area contributed by atoms with Gasteiger partial charge in [-0.05, 0) is 50.2 Å². The van der Waals surface area contributed by atoms with E-state index >= 15 is 0 Å². The molecule has 7 heteroatoms. The SMILES string of the molecule is CC(c1cc(C(F)(F)F)cc(C(F)(F)F)c1)N(C)[C@H](C)c1ccccc1. The second-order valence-corrected chi connectivity index (χ2v) is 6.27. The Labute approximate surface area is 148 Å². The number of rotatable bonds is 4. The first-order valence-electron chi connectivity index (χ1n) is 7.97. The monoisotopic (exact) mass is 375 g/mol. The van der Waals surface area contributed by atoms with Crippen molar-refractivity contribution in [3.63, 3.8) is 0 Å². The molecule has 2 aromatic carbocycles. The van der Waals surface area contributed by atoms with Gasteiger partial charge in [-0.1, -0.05) is 30.3 Å². The Kier molecular flexibility index (Phi) is 5.70. The maximum atomic E-state index is 13.0. The molecular formula is C19H19F6N. The van der Waals surface area contributed by atoms with Crippen LogP contribution in [0.2, 0.25) is 0 Å². The molecular weight excluding hydrogens is 356 g/mol. The third kappa shape index (κ3) is 4.58. The molecule has 0 N–H and O–H groups in total. The average Bonchev–Trinajstić information content (AvgIpc) is 2.58. The first-order valence-corrected chi connectivity index (χ1v) is 7.97. The van der Waals surface area contributed by atoms with Crippen LogP contribution in [0.15, 0.2) is 48.5 Å². The van der Waals surface area contributed by atoms with Crippen LogP contribution in [0.4, 0.5) is 26.3 Å². The highest BCUT2D eigenvalue weighted by atomic mass is 19.4. The van der Waals surface area contributed by atoms with Crippen molar-refractivity contribution >= 4 is 0 Å². The molecule has 0 saturated heterocycles. The van der Waals surface area contributed by atoms with Gasteiger partial charge in [0.05, 0.1) is 11.1 Å². The Hall–Kier alpha value is -2.02. The molecule has 0 aliphatic carbocycles. The highest BCUT2D eigenvalue weighted by Crippen LogP contribution is 2.39. The van der Waals surface area contributed by atoms with Gasteiger partial charge in [-0.2, -0.15) is 26.3 Å². The summed E-state index contributed by atoms with van der Waals surface area (Å²) in [6, 6.07) is 10.1. The van der Waals surface area contributed by atoms with Gasteiger partial charge >= 0.3 is 12.4 Å². The predicted molar refractivity (Wildman–Crippen MR) is 87.5 cm³/mol. The molecule has 2 rings (SSSR count). The largest absolute Gasteiger partial charge is 0.416 e. The van der Waals surface area contributed by atoms with E-state index in [2.05, 4.69) is 0 Å². The number of hydrogen-bond donors (Lipinski definition) is 0. The van der Waals surface area contributed by atoms with Gasteiger partial charge in [0, 0.05) is 12.1 Å². The molecule has 0 aromatic heterocycles. The molecule has 0 bridgehead atoms. The summed E-state index contributed by atoms with van der Waals surface area (Å²) in [5, 5.41) is 0. The lowest BCUT2D eigenvalue weighted by molar-refractivity contribution is -0.143. The van der Waals surface area contributed by atoms with Gasteiger partial charge in [0.15, 0.2) is 0 Å². The molecule has 0 radical (unpaired) electrons. The topological polar surface area (TPSA) is 3.24 Å². The maximum Gasteiger partial charge on any atom is 0.416 e. The second-order valence-electron chi connectivity index (χ2n) is 6.27. The minimum absolute atomic E-state index is 0.0302. The molecule has 142 valence electrons. The Balaban J connectivity index is 2.42. The van der Waals surface area contributed by atoms with E-state index in [1.54, 1.807) is 18.9 Å². The van der Waals surface area contributed by atoms with Crippen molar-refractivity contribution in [2.24, 2.45) is 0 Å². The highest BCUT2D eigenvalue weighted by Gasteiger charge is 2.37. The second kappa shape index (κ2) is 7.31. The van der Waals surface area contributed by atoms with E-state index < -0.39 is 29.5 Å². The Morgan fingerprint density at radius 2 is 1.12 bits per heavy atom. The molecule has 1 nitrogen and oxygen atoms in total. The van der Waals surface area contributed by atoms with Gasteiger partial charge in [0.1, 0.15) is 0 Å². The van der Waals surface area contributed by atoms with E-state index in [1.807, 2.05) is 37.3 Å². The lowest BCUT2D eigenvalue weighted by Crippen LogP contribution is -2.26. The third-order valence-electron chi connectivity index (χ3n) is 4.60. The van der Waals surface area contributed by atoms with Gasteiger partial charge < -0.3 is 0 Å². The summed E-state index contributed by atoms with van der Waals surface area (Å²) in [6.45, 7) is 3.44. The van der Waals surface area contributed by atoms with Crippen LogP contribution < -0.4 is 0 Å². The number of nitrogens with zero attached hydrogens (tertiary/aromatic N) is 1. The Morgan fingerprint density at radius 1 is 0.692 bits per heavy atom. The maximum absolute atomic E-state index is 13.0. The number of benzene rings is 2. The number of alkyl halides is 6. The molecule has 0 fully saturated rings. The van der Waals surface area contributed by atoms with E-state index in [1.165, 1.54) is 0 Å². The summed E-state index contributed by atoms with van der Waals surface area (Å²) in [4.78, 5) is 1.74. The van der Waals surface area contributed by atoms with E-state index in [0.29, 0.717) is 0 Å².